The van der Waals surface area contributed by atoms with Gasteiger partial charge in [-0.15, -0.1) is 0 Å². The van der Waals surface area contributed by atoms with E-state index in [1.165, 1.54) is 0 Å². The van der Waals surface area contributed by atoms with Gasteiger partial charge in [-0.2, -0.15) is 0 Å². The number of carbonyl (C=O) groups is 1. The number of hydrogen-bond acceptors (Lipinski definition) is 4. The fourth-order valence-electron chi connectivity index (χ4n) is 1.60. The number of hydrogen-bond donors (Lipinski definition) is 3. The molecule has 5 nitrogen and oxygen atoms in total. The molecule has 15 heavy (non-hydrogen) atoms. The third kappa shape index (κ3) is 4.15. The van der Waals surface area contributed by atoms with Gasteiger partial charge in [0, 0.05) is 19.2 Å². The third-order valence-corrected chi connectivity index (χ3v) is 2.60. The normalized spacial score (nSPS) is 25.5. The van der Waals surface area contributed by atoms with E-state index in [-0.39, 0.29) is 24.5 Å². The molecule has 0 aromatic rings. The lowest BCUT2D eigenvalue weighted by molar-refractivity contribution is -0.125. The molecule has 0 aliphatic carbocycles. The minimum absolute atomic E-state index is 0.0102. The molecule has 1 aliphatic rings. The number of ether oxygens (including phenoxy) is 1. The topological polar surface area (TPSA) is 84.6 Å². The van der Waals surface area contributed by atoms with Gasteiger partial charge >= 0.3 is 0 Å². The molecule has 0 spiro atoms. The molecule has 1 amide bonds. The van der Waals surface area contributed by atoms with E-state index in [0.717, 1.165) is 19.3 Å². The van der Waals surface area contributed by atoms with Gasteiger partial charge in [-0.25, -0.2) is 0 Å². The Morgan fingerprint density at radius 2 is 2.20 bits per heavy atom. The number of nitrogens with one attached hydrogen (secondary N) is 1. The molecule has 0 saturated carbocycles. The summed E-state index contributed by atoms with van der Waals surface area (Å²) in [7, 11) is 0. The van der Waals surface area contributed by atoms with Crippen molar-refractivity contribution in [1.82, 2.24) is 5.32 Å². The molecule has 0 radical (unpaired) electrons. The summed E-state index contributed by atoms with van der Waals surface area (Å²) in [6, 6.07) is -0.164. The number of aliphatic hydroxyl groups is 1. The SMILES string of the molecule is NC1COCC1C(=O)NCCCCCO. The van der Waals surface area contributed by atoms with E-state index < -0.39 is 0 Å². The first-order chi connectivity index (χ1) is 7.25. The lowest BCUT2D eigenvalue weighted by Gasteiger charge is -2.12. The van der Waals surface area contributed by atoms with Crippen LogP contribution in [-0.2, 0) is 9.53 Å². The van der Waals surface area contributed by atoms with Gasteiger partial charge in [-0.3, -0.25) is 4.79 Å². The second-order valence-corrected chi connectivity index (χ2v) is 3.88. The standard InChI is InChI=1S/C10H20N2O3/c11-9-7-15-6-8(9)10(14)12-4-2-1-3-5-13/h8-9,13H,1-7,11H2,(H,12,14). The Balaban J connectivity index is 2.08. The fraction of sp³-hybridized carbons (Fsp3) is 0.900. The summed E-state index contributed by atoms with van der Waals surface area (Å²) in [6.45, 7) is 1.78. The minimum atomic E-state index is -0.192. The Kier molecular flexibility index (Phi) is 5.60. The van der Waals surface area contributed by atoms with Gasteiger partial charge in [0.1, 0.15) is 0 Å². The van der Waals surface area contributed by atoms with E-state index in [4.69, 9.17) is 15.6 Å². The quantitative estimate of drug-likeness (QED) is 0.509. The minimum Gasteiger partial charge on any atom is -0.396 e. The predicted molar refractivity (Wildman–Crippen MR) is 56.2 cm³/mol. The number of rotatable bonds is 6. The van der Waals surface area contributed by atoms with Gasteiger partial charge < -0.3 is 20.9 Å². The van der Waals surface area contributed by atoms with Crippen LogP contribution in [0, 0.1) is 5.92 Å². The lowest BCUT2D eigenvalue weighted by Crippen LogP contribution is -2.41. The highest BCUT2D eigenvalue weighted by atomic mass is 16.5. The first-order valence-electron chi connectivity index (χ1n) is 5.47. The maximum absolute atomic E-state index is 11.6. The molecule has 0 aromatic heterocycles. The van der Waals surface area contributed by atoms with Crippen LogP contribution < -0.4 is 11.1 Å². The van der Waals surface area contributed by atoms with Crippen LogP contribution in [-0.4, -0.2) is 43.4 Å². The van der Waals surface area contributed by atoms with E-state index in [9.17, 15) is 4.79 Å². The summed E-state index contributed by atoms with van der Waals surface area (Å²) in [5, 5.41) is 11.4. The first kappa shape index (κ1) is 12.4. The van der Waals surface area contributed by atoms with Gasteiger partial charge in [-0.05, 0) is 19.3 Å². The van der Waals surface area contributed by atoms with Crippen LogP contribution in [0.5, 0.6) is 0 Å². The summed E-state index contributed by atoms with van der Waals surface area (Å²) in [5.74, 6) is -0.202. The Morgan fingerprint density at radius 3 is 2.80 bits per heavy atom. The maximum atomic E-state index is 11.6. The largest absolute Gasteiger partial charge is 0.396 e. The van der Waals surface area contributed by atoms with Crippen molar-refractivity contribution in [2.24, 2.45) is 11.7 Å². The molecule has 5 heteroatoms. The molecular formula is C10H20N2O3. The Hall–Kier alpha value is -0.650. The molecule has 1 saturated heterocycles. The number of nitrogens with two attached hydrogens (primary N) is 1. The van der Waals surface area contributed by atoms with E-state index in [1.54, 1.807) is 0 Å². The molecule has 4 N–H and O–H groups in total. The van der Waals surface area contributed by atoms with E-state index in [1.807, 2.05) is 0 Å². The Bertz CT molecular complexity index is 199. The van der Waals surface area contributed by atoms with Crippen LogP contribution in [0.25, 0.3) is 0 Å². The van der Waals surface area contributed by atoms with Crippen molar-refractivity contribution in [3.05, 3.63) is 0 Å². The second-order valence-electron chi connectivity index (χ2n) is 3.88. The van der Waals surface area contributed by atoms with Crippen molar-refractivity contribution >= 4 is 5.91 Å². The van der Waals surface area contributed by atoms with Crippen molar-refractivity contribution in [3.8, 4) is 0 Å². The highest BCUT2D eigenvalue weighted by Crippen LogP contribution is 2.11. The summed E-state index contributed by atoms with van der Waals surface area (Å²) < 4.78 is 5.12. The molecule has 2 atom stereocenters. The summed E-state index contributed by atoms with van der Waals surface area (Å²) in [5.41, 5.74) is 5.71. The molecule has 2 unspecified atom stereocenters. The van der Waals surface area contributed by atoms with Crippen LogP contribution in [0.4, 0.5) is 0 Å². The molecule has 1 heterocycles. The maximum Gasteiger partial charge on any atom is 0.227 e. The smallest absolute Gasteiger partial charge is 0.227 e. The monoisotopic (exact) mass is 216 g/mol. The summed E-state index contributed by atoms with van der Waals surface area (Å²) >= 11 is 0. The second kappa shape index (κ2) is 6.76. The van der Waals surface area contributed by atoms with Crippen molar-refractivity contribution < 1.29 is 14.6 Å². The van der Waals surface area contributed by atoms with E-state index in [0.29, 0.717) is 19.8 Å². The van der Waals surface area contributed by atoms with Gasteiger partial charge in [0.15, 0.2) is 0 Å². The van der Waals surface area contributed by atoms with Crippen molar-refractivity contribution in [2.75, 3.05) is 26.4 Å². The lowest BCUT2D eigenvalue weighted by atomic mass is 10.0. The molecule has 88 valence electrons. The Labute approximate surface area is 90.0 Å². The van der Waals surface area contributed by atoms with Gasteiger partial charge in [0.05, 0.1) is 19.1 Å². The molecule has 0 aromatic carbocycles. The van der Waals surface area contributed by atoms with Crippen LogP contribution >= 0.6 is 0 Å². The predicted octanol–water partition coefficient (Wildman–Crippen LogP) is -0.761. The molecular weight excluding hydrogens is 196 g/mol. The number of aliphatic hydroxyl groups excluding tert-OH is 1. The zero-order valence-corrected chi connectivity index (χ0v) is 8.95. The van der Waals surface area contributed by atoms with E-state index in [2.05, 4.69) is 5.32 Å². The third-order valence-electron chi connectivity index (χ3n) is 2.60. The highest BCUT2D eigenvalue weighted by Gasteiger charge is 2.30. The number of carbonyl (C=O) groups excluding carboxylic acids is 1. The fourth-order valence-corrected chi connectivity index (χ4v) is 1.60. The zero-order valence-electron chi connectivity index (χ0n) is 8.95. The average molecular weight is 216 g/mol. The summed E-state index contributed by atoms with van der Waals surface area (Å²) in [6.07, 6.45) is 2.63. The van der Waals surface area contributed by atoms with E-state index >= 15 is 0 Å². The molecule has 1 rings (SSSR count). The van der Waals surface area contributed by atoms with Gasteiger partial charge in [-0.1, -0.05) is 0 Å². The van der Waals surface area contributed by atoms with Crippen LogP contribution in [0.3, 0.4) is 0 Å². The zero-order chi connectivity index (χ0) is 11.1. The Morgan fingerprint density at radius 1 is 1.40 bits per heavy atom. The van der Waals surface area contributed by atoms with Crippen molar-refractivity contribution in [2.45, 2.75) is 25.3 Å². The first-order valence-corrected chi connectivity index (χ1v) is 5.47. The van der Waals surface area contributed by atoms with Gasteiger partial charge in [0.2, 0.25) is 5.91 Å². The van der Waals surface area contributed by atoms with Crippen molar-refractivity contribution in [3.63, 3.8) is 0 Å². The molecule has 0 bridgehead atoms. The molecule has 1 aliphatic heterocycles. The van der Waals surface area contributed by atoms with Crippen LogP contribution in [0.2, 0.25) is 0 Å². The number of unbranched alkanes of at least 4 members (excludes halogenated alkanes) is 2. The average Bonchev–Trinajstić information content (AvgIpc) is 2.64. The molecule has 1 fully saturated rings. The van der Waals surface area contributed by atoms with Crippen LogP contribution in [0.1, 0.15) is 19.3 Å². The van der Waals surface area contributed by atoms with Gasteiger partial charge in [0.25, 0.3) is 0 Å². The van der Waals surface area contributed by atoms with Crippen LogP contribution in [0.15, 0.2) is 0 Å². The van der Waals surface area contributed by atoms with Crippen molar-refractivity contribution in [1.29, 1.82) is 0 Å². The highest BCUT2D eigenvalue weighted by molar-refractivity contribution is 5.79. The summed E-state index contributed by atoms with van der Waals surface area (Å²) in [4.78, 5) is 11.6. The number of amides is 1.